The fraction of sp³-hybridized carbons (Fsp3) is 0.607. The van der Waals surface area contributed by atoms with Gasteiger partial charge < -0.3 is 19.9 Å². The second kappa shape index (κ2) is 12.1. The predicted octanol–water partition coefficient (Wildman–Crippen LogP) is 5.71. The Labute approximate surface area is 243 Å². The molecule has 0 saturated heterocycles. The summed E-state index contributed by atoms with van der Waals surface area (Å²) in [6.07, 6.45) is -1.06. The molecule has 2 saturated carbocycles. The van der Waals surface area contributed by atoms with Crippen LogP contribution in [0.2, 0.25) is 0 Å². The minimum Gasteiger partial charge on any atom is -0.472 e. The molecule has 0 spiro atoms. The number of carbonyl (C=O) groups is 2. The summed E-state index contributed by atoms with van der Waals surface area (Å²) in [5, 5.41) is 13.8. The quantitative estimate of drug-likeness (QED) is 0.266. The van der Waals surface area contributed by atoms with Gasteiger partial charge in [-0.25, -0.2) is 18.3 Å². The number of nitrogens with one attached hydrogen (secondary N) is 2. The number of carbonyl (C=O) groups excluding carboxylic acids is 2. The highest BCUT2D eigenvalue weighted by Crippen LogP contribution is 2.43. The Bertz CT molecular complexity index is 1440. The van der Waals surface area contributed by atoms with Crippen molar-refractivity contribution in [3.63, 3.8) is 0 Å². The Morgan fingerprint density at radius 3 is 2.47 bits per heavy atom. The van der Waals surface area contributed by atoms with Gasteiger partial charge in [-0.3, -0.25) is 9.59 Å². The number of alkyl halides is 5. The standard InChI is InChI=1S/C28H33F5N6O4/c1-15(2)43-26-19(14-42-38-26)25(41)37-24(17-5-8-27(29,30)9-6-17)20-13-39-21(35-20)11-18(12-34-39)23(16-3-4-16)36-22(40)7-10-28(31,32)33/h11-17,23-24H,3-10H2,1-2H3,(H,36,40)(H,37,41)/t23?,24-/m0/s1. The van der Waals surface area contributed by atoms with Crippen LogP contribution in [0.5, 0.6) is 5.88 Å². The average molecular weight is 613 g/mol. The van der Waals surface area contributed by atoms with E-state index >= 15 is 0 Å². The van der Waals surface area contributed by atoms with Crippen molar-refractivity contribution in [3.05, 3.63) is 41.5 Å². The lowest BCUT2D eigenvalue weighted by atomic mass is 9.81. The molecule has 0 radical (unpaired) electrons. The number of imidazole rings is 1. The van der Waals surface area contributed by atoms with Crippen LogP contribution in [-0.4, -0.2) is 49.8 Å². The maximum absolute atomic E-state index is 14.0. The van der Waals surface area contributed by atoms with Gasteiger partial charge in [-0.15, -0.1) is 0 Å². The molecule has 3 aromatic rings. The van der Waals surface area contributed by atoms with Crippen molar-refractivity contribution in [1.82, 2.24) is 30.4 Å². The van der Waals surface area contributed by atoms with Crippen molar-refractivity contribution < 1.29 is 40.8 Å². The molecule has 2 fully saturated rings. The third kappa shape index (κ3) is 7.79. The molecule has 43 heavy (non-hydrogen) atoms. The number of rotatable bonds is 11. The minimum absolute atomic E-state index is 0.00568. The topological polar surface area (TPSA) is 124 Å². The van der Waals surface area contributed by atoms with Gasteiger partial charge in [0.25, 0.3) is 11.8 Å². The fourth-order valence-electron chi connectivity index (χ4n) is 5.37. The first-order valence-electron chi connectivity index (χ1n) is 14.3. The number of aromatic nitrogens is 4. The molecule has 0 aromatic carbocycles. The van der Waals surface area contributed by atoms with E-state index in [9.17, 15) is 31.5 Å². The summed E-state index contributed by atoms with van der Waals surface area (Å²) in [6.45, 7) is 3.53. The lowest BCUT2D eigenvalue weighted by Gasteiger charge is -2.33. The van der Waals surface area contributed by atoms with E-state index in [0.29, 0.717) is 16.9 Å². The van der Waals surface area contributed by atoms with E-state index in [1.807, 2.05) is 0 Å². The van der Waals surface area contributed by atoms with Gasteiger partial charge in [0, 0.05) is 19.3 Å². The van der Waals surface area contributed by atoms with Crippen LogP contribution in [-0.2, 0) is 4.79 Å². The molecule has 5 rings (SSSR count). The second-order valence-corrected chi connectivity index (χ2v) is 11.6. The van der Waals surface area contributed by atoms with Crippen LogP contribution in [0.15, 0.2) is 29.2 Å². The van der Waals surface area contributed by atoms with Gasteiger partial charge in [-0.2, -0.15) is 18.3 Å². The van der Waals surface area contributed by atoms with Crippen molar-refractivity contribution in [3.8, 4) is 5.88 Å². The zero-order valence-electron chi connectivity index (χ0n) is 23.7. The molecule has 0 aliphatic heterocycles. The molecule has 2 amide bonds. The summed E-state index contributed by atoms with van der Waals surface area (Å²) in [5.41, 5.74) is 1.41. The van der Waals surface area contributed by atoms with E-state index in [2.05, 4.69) is 25.9 Å². The minimum atomic E-state index is -4.43. The number of nitrogens with zero attached hydrogens (tertiary/aromatic N) is 4. The van der Waals surface area contributed by atoms with Crippen LogP contribution in [0.4, 0.5) is 22.0 Å². The molecule has 10 nitrogen and oxygen atoms in total. The molecular weight excluding hydrogens is 579 g/mol. The lowest BCUT2D eigenvalue weighted by molar-refractivity contribution is -0.144. The van der Waals surface area contributed by atoms with Crippen LogP contribution in [0.25, 0.3) is 5.65 Å². The Hall–Kier alpha value is -3.78. The molecule has 234 valence electrons. The molecule has 1 unspecified atom stereocenters. The van der Waals surface area contributed by atoms with Gasteiger partial charge in [0.1, 0.15) is 11.8 Å². The highest BCUT2D eigenvalue weighted by atomic mass is 19.4. The summed E-state index contributed by atoms with van der Waals surface area (Å²) in [7, 11) is 0. The van der Waals surface area contributed by atoms with Crippen LogP contribution >= 0.6 is 0 Å². The van der Waals surface area contributed by atoms with Gasteiger partial charge in [0.2, 0.25) is 11.8 Å². The van der Waals surface area contributed by atoms with Gasteiger partial charge in [-0.1, -0.05) is 0 Å². The van der Waals surface area contributed by atoms with Gasteiger partial charge in [0.15, 0.2) is 5.65 Å². The van der Waals surface area contributed by atoms with Crippen molar-refractivity contribution in [2.45, 2.75) is 95.5 Å². The van der Waals surface area contributed by atoms with E-state index in [-0.39, 0.29) is 55.1 Å². The molecule has 0 bridgehead atoms. The number of hydrogen-bond donors (Lipinski definition) is 2. The van der Waals surface area contributed by atoms with Gasteiger partial charge in [-0.05, 0) is 68.2 Å². The number of ether oxygens (including phenoxy) is 1. The number of halogens is 5. The van der Waals surface area contributed by atoms with Crippen molar-refractivity contribution in [2.75, 3.05) is 0 Å². The molecule has 3 aromatic heterocycles. The van der Waals surface area contributed by atoms with Gasteiger partial charge in [0.05, 0.1) is 42.7 Å². The van der Waals surface area contributed by atoms with E-state index in [4.69, 9.17) is 9.26 Å². The van der Waals surface area contributed by atoms with Crippen LogP contribution in [0.1, 0.15) is 98.9 Å². The lowest BCUT2D eigenvalue weighted by Crippen LogP contribution is -2.37. The zero-order chi connectivity index (χ0) is 30.9. The van der Waals surface area contributed by atoms with E-state index in [1.165, 1.54) is 10.7 Å². The first-order valence-corrected chi connectivity index (χ1v) is 14.3. The molecule has 2 aliphatic carbocycles. The van der Waals surface area contributed by atoms with Crippen molar-refractivity contribution in [2.24, 2.45) is 11.8 Å². The van der Waals surface area contributed by atoms with Gasteiger partial charge >= 0.3 is 6.18 Å². The first kappa shape index (κ1) is 30.7. The number of fused-ring (bicyclic) bond motifs is 1. The third-order valence-electron chi connectivity index (χ3n) is 7.73. The highest BCUT2D eigenvalue weighted by Gasteiger charge is 2.40. The smallest absolute Gasteiger partial charge is 0.389 e. The molecular formula is C28H33F5N6O4. The Kier molecular flexibility index (Phi) is 8.61. The molecule has 2 aliphatic rings. The van der Waals surface area contributed by atoms with Crippen LogP contribution in [0, 0.1) is 11.8 Å². The number of hydrogen-bond acceptors (Lipinski definition) is 7. The maximum atomic E-state index is 14.0. The van der Waals surface area contributed by atoms with Crippen LogP contribution < -0.4 is 15.4 Å². The summed E-state index contributed by atoms with van der Waals surface area (Å²) in [4.78, 5) is 30.3. The predicted molar refractivity (Wildman–Crippen MR) is 141 cm³/mol. The van der Waals surface area contributed by atoms with E-state index < -0.39 is 48.8 Å². The third-order valence-corrected chi connectivity index (χ3v) is 7.73. The monoisotopic (exact) mass is 612 g/mol. The Morgan fingerprint density at radius 2 is 1.81 bits per heavy atom. The maximum Gasteiger partial charge on any atom is 0.389 e. The fourth-order valence-corrected chi connectivity index (χ4v) is 5.37. The summed E-state index contributed by atoms with van der Waals surface area (Å²) in [5.74, 6) is -4.34. The molecule has 15 heteroatoms. The van der Waals surface area contributed by atoms with E-state index in [0.717, 1.165) is 19.1 Å². The Balaban J connectivity index is 1.40. The van der Waals surface area contributed by atoms with E-state index in [1.54, 1.807) is 26.1 Å². The summed E-state index contributed by atoms with van der Waals surface area (Å²) >= 11 is 0. The first-order chi connectivity index (χ1) is 20.3. The normalized spacial score (nSPS) is 18.9. The molecule has 2 N–H and O–H groups in total. The number of amides is 2. The van der Waals surface area contributed by atoms with Crippen molar-refractivity contribution >= 4 is 17.5 Å². The zero-order valence-corrected chi connectivity index (χ0v) is 23.7. The molecule has 3 heterocycles. The highest BCUT2D eigenvalue weighted by molar-refractivity contribution is 5.96. The average Bonchev–Trinajstić information content (AvgIpc) is 3.51. The summed E-state index contributed by atoms with van der Waals surface area (Å²) in [6, 6.07) is 0.408. The van der Waals surface area contributed by atoms with Crippen molar-refractivity contribution in [1.29, 1.82) is 0 Å². The molecule has 2 atom stereocenters. The Morgan fingerprint density at radius 1 is 1.12 bits per heavy atom. The largest absolute Gasteiger partial charge is 0.472 e. The summed E-state index contributed by atoms with van der Waals surface area (Å²) < 4.78 is 77.8. The van der Waals surface area contributed by atoms with Crippen LogP contribution in [0.3, 0.4) is 0 Å². The second-order valence-electron chi connectivity index (χ2n) is 11.6. The SMILES string of the molecule is CC(C)Oc1nocc1C(=O)N[C@H](c1cn2ncc(C(NC(=O)CCC(F)(F)F)C3CC3)cc2n1)C1CCC(F)(F)CC1.